The van der Waals surface area contributed by atoms with Crippen molar-refractivity contribution in [3.63, 3.8) is 0 Å². The van der Waals surface area contributed by atoms with Crippen LogP contribution in [0.2, 0.25) is 0 Å². The molecule has 2 N–H and O–H groups in total. The summed E-state index contributed by atoms with van der Waals surface area (Å²) in [4.78, 5) is 19.0. The number of nitrogens with zero attached hydrogens (tertiary/aromatic N) is 2. The number of hydrogen-bond donors (Lipinski definition) is 1. The van der Waals surface area contributed by atoms with Crippen LogP contribution in [0.15, 0.2) is 36.5 Å². The van der Waals surface area contributed by atoms with Gasteiger partial charge in [0, 0.05) is 37.1 Å². The van der Waals surface area contributed by atoms with Crippen molar-refractivity contribution < 1.29 is 4.79 Å². The van der Waals surface area contributed by atoms with Gasteiger partial charge in [0.1, 0.15) is 0 Å². The second-order valence-corrected chi connectivity index (χ2v) is 6.59. The molecular weight excluding hydrogens is 357 g/mol. The molecular formula is C19H27Cl2N3O. The number of likely N-dealkylation sites (tertiary alicyclic amines) is 1. The Balaban J connectivity index is 0.00000156. The summed E-state index contributed by atoms with van der Waals surface area (Å²) in [6.07, 6.45) is 5.23. The van der Waals surface area contributed by atoms with Gasteiger partial charge in [0.15, 0.2) is 0 Å². The van der Waals surface area contributed by atoms with E-state index in [0.717, 1.165) is 36.7 Å². The lowest BCUT2D eigenvalue weighted by molar-refractivity contribution is -0.135. The zero-order valence-electron chi connectivity index (χ0n) is 14.6. The molecule has 1 saturated heterocycles. The van der Waals surface area contributed by atoms with E-state index in [4.69, 9.17) is 5.73 Å². The van der Waals surface area contributed by atoms with Gasteiger partial charge in [0.05, 0.1) is 5.52 Å². The van der Waals surface area contributed by atoms with Gasteiger partial charge in [-0.3, -0.25) is 9.78 Å². The number of para-hydroxylation sites is 1. The number of carbonyl (C=O) groups excluding carboxylic acids is 1. The van der Waals surface area contributed by atoms with Crippen LogP contribution in [-0.4, -0.2) is 34.9 Å². The third kappa shape index (κ3) is 5.06. The Morgan fingerprint density at radius 3 is 2.80 bits per heavy atom. The molecule has 0 radical (unpaired) electrons. The van der Waals surface area contributed by atoms with Gasteiger partial charge in [0.2, 0.25) is 5.91 Å². The fourth-order valence-electron chi connectivity index (χ4n) is 3.56. The third-order valence-electron chi connectivity index (χ3n) is 4.92. The molecule has 2 aromatic rings. The minimum atomic E-state index is 0. The molecule has 1 amide bonds. The molecule has 0 saturated carbocycles. The fourth-order valence-corrected chi connectivity index (χ4v) is 3.56. The number of hydrogen-bond acceptors (Lipinski definition) is 3. The number of carbonyl (C=O) groups is 1. The first-order valence-corrected chi connectivity index (χ1v) is 8.51. The Bertz CT molecular complexity index is 690. The third-order valence-corrected chi connectivity index (χ3v) is 4.92. The minimum absolute atomic E-state index is 0. The second-order valence-electron chi connectivity index (χ2n) is 6.59. The van der Waals surface area contributed by atoms with Gasteiger partial charge in [-0.2, -0.15) is 0 Å². The van der Waals surface area contributed by atoms with Gasteiger partial charge in [-0.15, -0.1) is 24.8 Å². The highest BCUT2D eigenvalue weighted by Crippen LogP contribution is 2.23. The summed E-state index contributed by atoms with van der Waals surface area (Å²) in [5.74, 6) is 0.894. The quantitative estimate of drug-likeness (QED) is 0.876. The molecule has 1 aromatic carbocycles. The van der Waals surface area contributed by atoms with Crippen LogP contribution in [0.3, 0.4) is 0 Å². The average Bonchev–Trinajstić information content (AvgIpc) is 2.59. The zero-order chi connectivity index (χ0) is 16.2. The molecule has 0 bridgehead atoms. The Labute approximate surface area is 162 Å². The molecule has 1 aliphatic rings. The summed E-state index contributed by atoms with van der Waals surface area (Å²) in [5, 5.41) is 1.14. The van der Waals surface area contributed by atoms with E-state index in [-0.39, 0.29) is 36.8 Å². The number of piperidine rings is 1. The van der Waals surface area contributed by atoms with Gasteiger partial charge >= 0.3 is 0 Å². The molecule has 3 rings (SSSR count). The van der Waals surface area contributed by atoms with E-state index in [0.29, 0.717) is 18.9 Å². The first-order valence-electron chi connectivity index (χ1n) is 8.51. The first-order chi connectivity index (χ1) is 11.2. The standard InChI is InChI=1S/C19H25N3O.2ClH/c1-14-9-11-22(16(12-14)13-20)19(23)7-6-15-8-10-21-18-5-3-2-4-17(15)18;;/h2-5,8,10,14,16H,6-7,9,11-13,20H2,1H3;2*1H. The normalized spacial score (nSPS) is 19.8. The number of pyridine rings is 1. The lowest BCUT2D eigenvalue weighted by atomic mass is 9.92. The van der Waals surface area contributed by atoms with E-state index >= 15 is 0 Å². The highest BCUT2D eigenvalue weighted by atomic mass is 35.5. The smallest absolute Gasteiger partial charge is 0.223 e. The van der Waals surface area contributed by atoms with E-state index in [1.807, 2.05) is 35.4 Å². The van der Waals surface area contributed by atoms with Crippen molar-refractivity contribution in [2.45, 2.75) is 38.6 Å². The van der Waals surface area contributed by atoms with Crippen LogP contribution in [0.5, 0.6) is 0 Å². The lowest BCUT2D eigenvalue weighted by Crippen LogP contribution is -2.49. The highest BCUT2D eigenvalue weighted by Gasteiger charge is 2.28. The summed E-state index contributed by atoms with van der Waals surface area (Å²) >= 11 is 0. The van der Waals surface area contributed by atoms with E-state index in [2.05, 4.69) is 18.0 Å². The molecule has 25 heavy (non-hydrogen) atoms. The van der Waals surface area contributed by atoms with Gasteiger partial charge in [-0.05, 0) is 42.9 Å². The van der Waals surface area contributed by atoms with Crippen LogP contribution in [0.25, 0.3) is 10.9 Å². The zero-order valence-corrected chi connectivity index (χ0v) is 16.2. The molecule has 0 aliphatic carbocycles. The second kappa shape index (κ2) is 9.95. The number of aromatic nitrogens is 1. The molecule has 4 nitrogen and oxygen atoms in total. The van der Waals surface area contributed by atoms with Crippen molar-refractivity contribution in [3.8, 4) is 0 Å². The first kappa shape index (κ1) is 21.7. The largest absolute Gasteiger partial charge is 0.338 e. The summed E-state index contributed by atoms with van der Waals surface area (Å²) in [6, 6.07) is 10.3. The monoisotopic (exact) mass is 383 g/mol. The number of fused-ring (bicyclic) bond motifs is 1. The van der Waals surface area contributed by atoms with Gasteiger partial charge < -0.3 is 10.6 Å². The van der Waals surface area contributed by atoms with E-state index in [9.17, 15) is 4.79 Å². The van der Waals surface area contributed by atoms with Crippen molar-refractivity contribution in [1.82, 2.24) is 9.88 Å². The number of benzene rings is 1. The van der Waals surface area contributed by atoms with Gasteiger partial charge in [-0.1, -0.05) is 25.1 Å². The van der Waals surface area contributed by atoms with E-state index < -0.39 is 0 Å². The number of rotatable bonds is 4. The Morgan fingerprint density at radius 2 is 2.04 bits per heavy atom. The molecule has 6 heteroatoms. The van der Waals surface area contributed by atoms with Crippen molar-refractivity contribution in [1.29, 1.82) is 0 Å². The molecule has 2 heterocycles. The van der Waals surface area contributed by atoms with E-state index in [1.54, 1.807) is 0 Å². The molecule has 138 valence electrons. The van der Waals surface area contributed by atoms with Crippen molar-refractivity contribution >= 4 is 41.6 Å². The maximum Gasteiger partial charge on any atom is 0.223 e. The van der Waals surface area contributed by atoms with Crippen LogP contribution in [0.1, 0.15) is 31.7 Å². The number of amides is 1. The minimum Gasteiger partial charge on any atom is -0.338 e. The van der Waals surface area contributed by atoms with Crippen LogP contribution in [-0.2, 0) is 11.2 Å². The average molecular weight is 384 g/mol. The topological polar surface area (TPSA) is 59.2 Å². The predicted octanol–water partition coefficient (Wildman–Crippen LogP) is 3.60. The fraction of sp³-hybridized carbons (Fsp3) is 0.474. The van der Waals surface area contributed by atoms with Gasteiger partial charge in [-0.25, -0.2) is 0 Å². The summed E-state index contributed by atoms with van der Waals surface area (Å²) < 4.78 is 0. The SMILES string of the molecule is CC1CCN(C(=O)CCc2ccnc3ccccc23)C(CN)C1.Cl.Cl. The number of halogens is 2. The summed E-state index contributed by atoms with van der Waals surface area (Å²) in [7, 11) is 0. The molecule has 2 atom stereocenters. The van der Waals surface area contributed by atoms with Crippen molar-refractivity contribution in [2.24, 2.45) is 11.7 Å². The summed E-state index contributed by atoms with van der Waals surface area (Å²) in [6.45, 7) is 3.65. The maximum absolute atomic E-state index is 12.6. The van der Waals surface area contributed by atoms with Crippen molar-refractivity contribution in [3.05, 3.63) is 42.1 Å². The number of nitrogens with two attached hydrogens (primary N) is 1. The lowest BCUT2D eigenvalue weighted by Gasteiger charge is -2.38. The Morgan fingerprint density at radius 1 is 1.28 bits per heavy atom. The van der Waals surface area contributed by atoms with E-state index in [1.165, 1.54) is 5.56 Å². The van der Waals surface area contributed by atoms with Crippen molar-refractivity contribution in [2.75, 3.05) is 13.1 Å². The Hall–Kier alpha value is -1.36. The molecule has 0 spiro atoms. The summed E-state index contributed by atoms with van der Waals surface area (Å²) in [5.41, 5.74) is 8.06. The molecule has 1 aromatic heterocycles. The maximum atomic E-state index is 12.6. The highest BCUT2D eigenvalue weighted by molar-refractivity contribution is 5.85. The number of aryl methyl sites for hydroxylation is 1. The van der Waals surface area contributed by atoms with Crippen LogP contribution < -0.4 is 5.73 Å². The Kier molecular flexibility index (Phi) is 8.63. The predicted molar refractivity (Wildman–Crippen MR) is 108 cm³/mol. The van der Waals surface area contributed by atoms with Crippen LogP contribution in [0.4, 0.5) is 0 Å². The van der Waals surface area contributed by atoms with Gasteiger partial charge in [0.25, 0.3) is 0 Å². The molecule has 1 fully saturated rings. The van der Waals surface area contributed by atoms with Crippen LogP contribution in [0, 0.1) is 5.92 Å². The molecule has 2 unspecified atom stereocenters. The van der Waals surface area contributed by atoms with Crippen LogP contribution >= 0.6 is 24.8 Å². The molecule has 1 aliphatic heterocycles.